The van der Waals surface area contributed by atoms with Crippen LogP contribution < -0.4 is 4.74 Å². The predicted octanol–water partition coefficient (Wildman–Crippen LogP) is 2.13. The Bertz CT molecular complexity index is 663. The zero-order valence-electron chi connectivity index (χ0n) is 12.0. The Labute approximate surface area is 123 Å². The van der Waals surface area contributed by atoms with Gasteiger partial charge in [-0.3, -0.25) is 4.79 Å². The normalized spacial score (nSPS) is 17.3. The van der Waals surface area contributed by atoms with Crippen molar-refractivity contribution in [2.75, 3.05) is 7.11 Å². The molecule has 5 heteroatoms. The van der Waals surface area contributed by atoms with Crippen molar-refractivity contribution in [3.05, 3.63) is 47.5 Å². The van der Waals surface area contributed by atoms with E-state index in [1.165, 1.54) is 0 Å². The van der Waals surface area contributed by atoms with Gasteiger partial charge in [-0.15, -0.1) is 0 Å². The number of ether oxygens (including phenoxy) is 1. The van der Waals surface area contributed by atoms with Gasteiger partial charge in [0, 0.05) is 31.1 Å². The van der Waals surface area contributed by atoms with Gasteiger partial charge in [-0.05, 0) is 12.5 Å². The van der Waals surface area contributed by atoms with E-state index in [-0.39, 0.29) is 5.92 Å². The molecule has 0 spiro atoms. The molecule has 1 N–H and O–H groups in total. The van der Waals surface area contributed by atoms with Crippen LogP contribution in [0, 0.1) is 5.92 Å². The number of carboxylic acids is 1. The highest BCUT2D eigenvalue weighted by atomic mass is 16.5. The van der Waals surface area contributed by atoms with Crippen molar-refractivity contribution >= 4 is 5.97 Å². The first-order chi connectivity index (χ1) is 10.2. The smallest absolute Gasteiger partial charge is 0.307 e. The van der Waals surface area contributed by atoms with Crippen LogP contribution in [0.3, 0.4) is 0 Å². The summed E-state index contributed by atoms with van der Waals surface area (Å²) < 4.78 is 7.43. The minimum absolute atomic E-state index is 0.306. The fourth-order valence-electron chi connectivity index (χ4n) is 2.83. The number of aryl methyl sites for hydroxylation is 1. The third kappa shape index (κ3) is 2.77. The third-order valence-corrected chi connectivity index (χ3v) is 3.97. The second-order valence-electron chi connectivity index (χ2n) is 5.36. The SMILES string of the molecule is COc1ccccc1Cc1cn2c(n1)CC(C(=O)O)CC2. The summed E-state index contributed by atoms with van der Waals surface area (Å²) in [5.74, 6) is 0.694. The lowest BCUT2D eigenvalue weighted by Gasteiger charge is -2.19. The number of nitrogens with zero attached hydrogens (tertiary/aromatic N) is 2. The van der Waals surface area contributed by atoms with Gasteiger partial charge in [0.05, 0.1) is 18.7 Å². The lowest BCUT2D eigenvalue weighted by atomic mass is 9.98. The number of aromatic nitrogens is 2. The fraction of sp³-hybridized carbons (Fsp3) is 0.375. The van der Waals surface area contributed by atoms with Gasteiger partial charge < -0.3 is 14.4 Å². The molecular formula is C16H18N2O3. The molecule has 3 rings (SSSR count). The Kier molecular flexibility index (Phi) is 3.64. The van der Waals surface area contributed by atoms with E-state index in [0.717, 1.165) is 29.4 Å². The highest BCUT2D eigenvalue weighted by molar-refractivity contribution is 5.70. The Morgan fingerprint density at radius 2 is 2.29 bits per heavy atom. The average Bonchev–Trinajstić information content (AvgIpc) is 2.89. The molecule has 110 valence electrons. The molecule has 0 fully saturated rings. The van der Waals surface area contributed by atoms with Crippen molar-refractivity contribution in [2.45, 2.75) is 25.8 Å². The number of rotatable bonds is 4. The Morgan fingerprint density at radius 3 is 3.05 bits per heavy atom. The molecule has 1 aromatic carbocycles. The molecule has 0 aliphatic carbocycles. The van der Waals surface area contributed by atoms with Crippen molar-refractivity contribution in [3.8, 4) is 5.75 Å². The first kappa shape index (κ1) is 13.7. The second-order valence-corrected chi connectivity index (χ2v) is 5.36. The molecule has 0 radical (unpaired) electrons. The lowest BCUT2D eigenvalue weighted by molar-refractivity contribution is -0.142. The van der Waals surface area contributed by atoms with Gasteiger partial charge in [-0.2, -0.15) is 0 Å². The third-order valence-electron chi connectivity index (χ3n) is 3.97. The van der Waals surface area contributed by atoms with Gasteiger partial charge in [0.15, 0.2) is 0 Å². The van der Waals surface area contributed by atoms with Crippen LogP contribution >= 0.6 is 0 Å². The number of benzene rings is 1. The van der Waals surface area contributed by atoms with Gasteiger partial charge >= 0.3 is 5.97 Å². The number of methoxy groups -OCH3 is 1. The first-order valence-electron chi connectivity index (χ1n) is 7.07. The van der Waals surface area contributed by atoms with Gasteiger partial charge in [-0.1, -0.05) is 18.2 Å². The topological polar surface area (TPSA) is 64.4 Å². The van der Waals surface area contributed by atoms with Crippen molar-refractivity contribution < 1.29 is 14.6 Å². The van der Waals surface area contributed by atoms with E-state index in [2.05, 4.69) is 9.55 Å². The number of aliphatic carboxylic acids is 1. The Balaban J connectivity index is 1.81. The van der Waals surface area contributed by atoms with Crippen molar-refractivity contribution in [1.82, 2.24) is 9.55 Å². The predicted molar refractivity (Wildman–Crippen MR) is 77.5 cm³/mol. The summed E-state index contributed by atoms with van der Waals surface area (Å²) in [6, 6.07) is 7.88. The van der Waals surface area contributed by atoms with Gasteiger partial charge in [0.25, 0.3) is 0 Å². The number of fused-ring (bicyclic) bond motifs is 1. The zero-order chi connectivity index (χ0) is 14.8. The van der Waals surface area contributed by atoms with Crippen LogP contribution in [0.1, 0.15) is 23.5 Å². The first-order valence-corrected chi connectivity index (χ1v) is 7.07. The summed E-state index contributed by atoms with van der Waals surface area (Å²) in [5, 5.41) is 9.12. The number of imidazole rings is 1. The summed E-state index contributed by atoms with van der Waals surface area (Å²) in [6.45, 7) is 0.727. The highest BCUT2D eigenvalue weighted by Gasteiger charge is 2.25. The number of para-hydroxylation sites is 1. The van der Waals surface area contributed by atoms with Crippen molar-refractivity contribution in [1.29, 1.82) is 0 Å². The molecular weight excluding hydrogens is 268 g/mol. The van der Waals surface area contributed by atoms with E-state index in [9.17, 15) is 4.79 Å². The zero-order valence-corrected chi connectivity index (χ0v) is 12.0. The monoisotopic (exact) mass is 286 g/mol. The van der Waals surface area contributed by atoms with E-state index in [4.69, 9.17) is 9.84 Å². The number of hydrogen-bond acceptors (Lipinski definition) is 3. The lowest BCUT2D eigenvalue weighted by Crippen LogP contribution is -2.25. The summed E-state index contributed by atoms with van der Waals surface area (Å²) >= 11 is 0. The van der Waals surface area contributed by atoms with E-state index >= 15 is 0 Å². The molecule has 1 atom stereocenters. The molecule has 0 saturated heterocycles. The standard InChI is InChI=1S/C16H18N2O3/c1-21-14-5-3-2-4-11(14)8-13-10-18-7-6-12(16(19)20)9-15(18)17-13/h2-5,10,12H,6-9H2,1H3,(H,19,20). The van der Waals surface area contributed by atoms with Crippen LogP contribution in [0.25, 0.3) is 0 Å². The average molecular weight is 286 g/mol. The van der Waals surface area contributed by atoms with Crippen molar-refractivity contribution in [3.63, 3.8) is 0 Å². The molecule has 1 unspecified atom stereocenters. The molecule has 2 aromatic rings. The molecule has 1 aliphatic heterocycles. The summed E-state index contributed by atoms with van der Waals surface area (Å²) in [7, 11) is 1.66. The maximum absolute atomic E-state index is 11.1. The molecule has 2 heterocycles. The Morgan fingerprint density at radius 1 is 1.48 bits per heavy atom. The molecule has 0 saturated carbocycles. The molecule has 1 aliphatic rings. The number of carbonyl (C=O) groups is 1. The molecule has 5 nitrogen and oxygen atoms in total. The van der Waals surface area contributed by atoms with Crippen LogP contribution in [-0.2, 0) is 24.2 Å². The molecule has 21 heavy (non-hydrogen) atoms. The van der Waals surface area contributed by atoms with Gasteiger partial charge in [0.2, 0.25) is 0 Å². The van der Waals surface area contributed by atoms with E-state index in [1.807, 2.05) is 30.5 Å². The van der Waals surface area contributed by atoms with Gasteiger partial charge in [0.1, 0.15) is 11.6 Å². The second kappa shape index (κ2) is 5.60. The van der Waals surface area contributed by atoms with Crippen LogP contribution in [0.5, 0.6) is 5.75 Å². The maximum Gasteiger partial charge on any atom is 0.307 e. The largest absolute Gasteiger partial charge is 0.496 e. The number of carboxylic acid groups (broad SMARTS) is 1. The summed E-state index contributed by atoms with van der Waals surface area (Å²) in [4.78, 5) is 15.7. The molecule has 0 amide bonds. The van der Waals surface area contributed by atoms with Crippen LogP contribution in [0.4, 0.5) is 0 Å². The quantitative estimate of drug-likeness (QED) is 0.935. The number of hydrogen-bond donors (Lipinski definition) is 1. The molecule has 1 aromatic heterocycles. The molecule has 0 bridgehead atoms. The minimum Gasteiger partial charge on any atom is -0.496 e. The van der Waals surface area contributed by atoms with Crippen LogP contribution in [-0.4, -0.2) is 27.7 Å². The van der Waals surface area contributed by atoms with E-state index < -0.39 is 5.97 Å². The van der Waals surface area contributed by atoms with Gasteiger partial charge in [-0.25, -0.2) is 4.98 Å². The summed E-state index contributed by atoms with van der Waals surface area (Å²) in [6.07, 6.45) is 3.91. The van der Waals surface area contributed by atoms with Crippen LogP contribution in [0.2, 0.25) is 0 Å². The maximum atomic E-state index is 11.1. The van der Waals surface area contributed by atoms with Crippen LogP contribution in [0.15, 0.2) is 30.5 Å². The Hall–Kier alpha value is -2.30. The summed E-state index contributed by atoms with van der Waals surface area (Å²) in [5.41, 5.74) is 2.05. The van der Waals surface area contributed by atoms with E-state index in [0.29, 0.717) is 19.3 Å². The van der Waals surface area contributed by atoms with E-state index in [1.54, 1.807) is 7.11 Å². The highest BCUT2D eigenvalue weighted by Crippen LogP contribution is 2.24. The van der Waals surface area contributed by atoms with Crippen molar-refractivity contribution in [2.24, 2.45) is 5.92 Å². The fourth-order valence-corrected chi connectivity index (χ4v) is 2.83. The minimum atomic E-state index is -0.726.